The Hall–Kier alpha value is -3.57. The monoisotopic (exact) mass is 574 g/mol. The molecule has 0 saturated carbocycles. The third-order valence-electron chi connectivity index (χ3n) is 4.49. The van der Waals surface area contributed by atoms with E-state index in [4.69, 9.17) is 0 Å². The van der Waals surface area contributed by atoms with Crippen LogP contribution in [0, 0.1) is 17.0 Å². The van der Waals surface area contributed by atoms with Crippen LogP contribution in [-0.2, 0) is 0 Å². The SMILES string of the molecule is Cc1cc(C(=O)Nc2ccccc2C(=O)NN=Cc2cc(Br)c(O)c(Br)c2)ccc1[N+](=O)[O-]. The number of nitrogens with one attached hydrogen (secondary N) is 2. The quantitative estimate of drug-likeness (QED) is 0.212. The van der Waals surface area contributed by atoms with Crippen molar-refractivity contribution in [1.82, 2.24) is 5.43 Å². The van der Waals surface area contributed by atoms with E-state index in [0.717, 1.165) is 0 Å². The number of hydrazone groups is 1. The van der Waals surface area contributed by atoms with Crippen LogP contribution in [0.25, 0.3) is 0 Å². The molecule has 0 saturated heterocycles. The number of nitrogens with zero attached hydrogens (tertiary/aromatic N) is 2. The molecule has 0 atom stereocenters. The summed E-state index contributed by atoms with van der Waals surface area (Å²) in [5.41, 5.74) is 3.91. The maximum Gasteiger partial charge on any atom is 0.273 e. The number of nitro groups is 1. The van der Waals surface area contributed by atoms with Crippen LogP contribution >= 0.6 is 31.9 Å². The van der Waals surface area contributed by atoms with Gasteiger partial charge in [0.1, 0.15) is 5.75 Å². The van der Waals surface area contributed by atoms with Crippen LogP contribution in [-0.4, -0.2) is 28.1 Å². The van der Waals surface area contributed by atoms with Gasteiger partial charge in [-0.15, -0.1) is 0 Å². The highest BCUT2D eigenvalue weighted by molar-refractivity contribution is 9.11. The molecule has 0 radical (unpaired) electrons. The second-order valence-corrected chi connectivity index (χ2v) is 8.50. The molecule has 3 rings (SSSR count). The van der Waals surface area contributed by atoms with Crippen molar-refractivity contribution in [3.05, 3.63) is 95.9 Å². The molecule has 9 nitrogen and oxygen atoms in total. The van der Waals surface area contributed by atoms with E-state index in [1.165, 1.54) is 30.5 Å². The summed E-state index contributed by atoms with van der Waals surface area (Å²) in [4.78, 5) is 35.7. The van der Waals surface area contributed by atoms with Gasteiger partial charge >= 0.3 is 0 Å². The largest absolute Gasteiger partial charge is 0.506 e. The van der Waals surface area contributed by atoms with Crippen molar-refractivity contribution >= 4 is 61.3 Å². The summed E-state index contributed by atoms with van der Waals surface area (Å²) in [5.74, 6) is -1.03. The van der Waals surface area contributed by atoms with Gasteiger partial charge in [0, 0.05) is 17.2 Å². The minimum Gasteiger partial charge on any atom is -0.506 e. The van der Waals surface area contributed by atoms with E-state index in [2.05, 4.69) is 47.7 Å². The van der Waals surface area contributed by atoms with Crippen molar-refractivity contribution in [2.75, 3.05) is 5.32 Å². The molecular formula is C22H16Br2N4O5. The molecule has 0 aliphatic carbocycles. The standard InChI is InChI=1S/C22H16Br2N4O5/c1-12-8-14(6-7-19(12)28(32)33)21(30)26-18-5-3-2-4-15(18)22(31)27-25-11-13-9-16(23)20(29)17(24)10-13/h2-11,29H,1H3,(H,26,30)(H,27,31). The van der Waals surface area contributed by atoms with Gasteiger partial charge in [-0.05, 0) is 80.7 Å². The molecule has 33 heavy (non-hydrogen) atoms. The topological polar surface area (TPSA) is 134 Å². The number of carbonyl (C=O) groups is 2. The predicted octanol–water partition coefficient (Wildman–Crippen LogP) is 5.15. The van der Waals surface area contributed by atoms with Crippen molar-refractivity contribution in [3.63, 3.8) is 0 Å². The molecule has 2 amide bonds. The van der Waals surface area contributed by atoms with Crippen molar-refractivity contribution in [1.29, 1.82) is 0 Å². The first kappa shape index (κ1) is 24.1. The van der Waals surface area contributed by atoms with Crippen LogP contribution in [0.3, 0.4) is 0 Å². The Bertz CT molecular complexity index is 1270. The molecule has 0 aliphatic rings. The van der Waals surface area contributed by atoms with Crippen molar-refractivity contribution < 1.29 is 19.6 Å². The number of phenols is 1. The van der Waals surface area contributed by atoms with Gasteiger partial charge < -0.3 is 10.4 Å². The summed E-state index contributed by atoms with van der Waals surface area (Å²) >= 11 is 6.44. The molecule has 0 unspecified atom stereocenters. The molecule has 0 heterocycles. The highest BCUT2D eigenvalue weighted by Gasteiger charge is 2.17. The van der Waals surface area contributed by atoms with E-state index in [1.807, 2.05) is 0 Å². The lowest BCUT2D eigenvalue weighted by Gasteiger charge is -2.10. The number of benzene rings is 3. The number of anilines is 1. The number of hydrogen-bond acceptors (Lipinski definition) is 6. The number of rotatable bonds is 6. The lowest BCUT2D eigenvalue weighted by atomic mass is 10.1. The number of amides is 2. The van der Waals surface area contributed by atoms with Crippen LogP contribution in [0.1, 0.15) is 31.8 Å². The van der Waals surface area contributed by atoms with Crippen LogP contribution < -0.4 is 10.7 Å². The number of nitro benzene ring substituents is 1. The zero-order valence-corrected chi connectivity index (χ0v) is 20.2. The summed E-state index contributed by atoms with van der Waals surface area (Å²) in [6.07, 6.45) is 1.40. The van der Waals surface area contributed by atoms with E-state index in [-0.39, 0.29) is 28.3 Å². The van der Waals surface area contributed by atoms with E-state index in [1.54, 1.807) is 37.3 Å². The summed E-state index contributed by atoms with van der Waals surface area (Å²) < 4.78 is 0.915. The average molecular weight is 576 g/mol. The van der Waals surface area contributed by atoms with Crippen LogP contribution in [0.4, 0.5) is 11.4 Å². The maximum absolute atomic E-state index is 12.6. The van der Waals surface area contributed by atoms with E-state index in [0.29, 0.717) is 20.1 Å². The average Bonchev–Trinajstić information content (AvgIpc) is 2.77. The van der Waals surface area contributed by atoms with E-state index < -0.39 is 16.7 Å². The van der Waals surface area contributed by atoms with Gasteiger partial charge in [-0.2, -0.15) is 5.10 Å². The fourth-order valence-corrected chi connectivity index (χ4v) is 4.09. The Labute approximate surface area is 204 Å². The Morgan fingerprint density at radius 2 is 1.73 bits per heavy atom. The predicted molar refractivity (Wildman–Crippen MR) is 131 cm³/mol. The molecule has 0 bridgehead atoms. The van der Waals surface area contributed by atoms with Gasteiger partial charge in [0.2, 0.25) is 0 Å². The Kier molecular flexibility index (Phi) is 7.56. The normalized spacial score (nSPS) is 10.8. The molecule has 3 aromatic rings. The maximum atomic E-state index is 12.6. The molecule has 168 valence electrons. The van der Waals surface area contributed by atoms with Crippen molar-refractivity contribution in [3.8, 4) is 5.75 Å². The highest BCUT2D eigenvalue weighted by Crippen LogP contribution is 2.32. The Morgan fingerprint density at radius 3 is 2.36 bits per heavy atom. The zero-order chi connectivity index (χ0) is 24.1. The third-order valence-corrected chi connectivity index (χ3v) is 5.70. The minimum absolute atomic E-state index is 0.0454. The molecule has 0 spiro atoms. The number of para-hydroxylation sites is 1. The molecule has 0 fully saturated rings. The lowest BCUT2D eigenvalue weighted by molar-refractivity contribution is -0.385. The first-order valence-corrected chi connectivity index (χ1v) is 10.9. The van der Waals surface area contributed by atoms with Crippen LogP contribution in [0.2, 0.25) is 0 Å². The molecule has 0 aliphatic heterocycles. The molecule has 3 N–H and O–H groups in total. The summed E-state index contributed by atoms with van der Waals surface area (Å²) in [6, 6.07) is 13.6. The summed E-state index contributed by atoms with van der Waals surface area (Å²) in [5, 5.41) is 27.3. The van der Waals surface area contributed by atoms with Gasteiger partial charge in [-0.1, -0.05) is 12.1 Å². The summed E-state index contributed by atoms with van der Waals surface area (Å²) in [6.45, 7) is 1.54. The summed E-state index contributed by atoms with van der Waals surface area (Å²) in [7, 11) is 0. The number of aryl methyl sites for hydroxylation is 1. The van der Waals surface area contributed by atoms with Gasteiger partial charge in [0.25, 0.3) is 17.5 Å². The molecular weight excluding hydrogens is 560 g/mol. The fourth-order valence-electron chi connectivity index (χ4n) is 2.87. The van der Waals surface area contributed by atoms with Crippen molar-refractivity contribution in [2.45, 2.75) is 6.92 Å². The number of hydrogen-bond donors (Lipinski definition) is 3. The number of carbonyl (C=O) groups excluding carboxylic acids is 2. The third kappa shape index (κ3) is 5.82. The van der Waals surface area contributed by atoms with Crippen LogP contribution in [0.5, 0.6) is 5.75 Å². The lowest BCUT2D eigenvalue weighted by Crippen LogP contribution is -2.21. The van der Waals surface area contributed by atoms with Gasteiger partial charge in [-0.3, -0.25) is 19.7 Å². The smallest absolute Gasteiger partial charge is 0.273 e. The zero-order valence-electron chi connectivity index (χ0n) is 17.0. The van der Waals surface area contributed by atoms with Gasteiger partial charge in [0.15, 0.2) is 0 Å². The van der Waals surface area contributed by atoms with Gasteiger partial charge in [0.05, 0.1) is 31.3 Å². The second kappa shape index (κ2) is 10.4. The van der Waals surface area contributed by atoms with Crippen LogP contribution in [0.15, 0.2) is 68.6 Å². The van der Waals surface area contributed by atoms with E-state index in [9.17, 15) is 24.8 Å². The minimum atomic E-state index is -0.557. The molecule has 11 heteroatoms. The Morgan fingerprint density at radius 1 is 1.06 bits per heavy atom. The number of halogens is 2. The molecule has 0 aromatic heterocycles. The first-order valence-electron chi connectivity index (χ1n) is 9.34. The fraction of sp³-hybridized carbons (Fsp3) is 0.0455. The first-order chi connectivity index (χ1) is 15.7. The van der Waals surface area contributed by atoms with Gasteiger partial charge in [-0.25, -0.2) is 5.43 Å². The van der Waals surface area contributed by atoms with E-state index >= 15 is 0 Å². The van der Waals surface area contributed by atoms with Crippen molar-refractivity contribution in [2.24, 2.45) is 5.10 Å². The second-order valence-electron chi connectivity index (χ2n) is 6.79. The number of aromatic hydroxyl groups is 1. The molecule has 3 aromatic carbocycles. The highest BCUT2D eigenvalue weighted by atomic mass is 79.9. The Balaban J connectivity index is 1.74. The number of phenolic OH excluding ortho intramolecular Hbond substituents is 1.